The Balaban J connectivity index is 1.34. The Kier molecular flexibility index (Phi) is 6.59. The van der Waals surface area contributed by atoms with Crippen LogP contribution in [-0.2, 0) is 14.6 Å². The summed E-state index contributed by atoms with van der Waals surface area (Å²) in [7, 11) is -2.95. The van der Waals surface area contributed by atoms with Gasteiger partial charge in [-0.2, -0.15) is 10.4 Å². The fourth-order valence-corrected chi connectivity index (χ4v) is 6.91. The summed E-state index contributed by atoms with van der Waals surface area (Å²) in [6.45, 7) is 0.971. The van der Waals surface area contributed by atoms with E-state index in [1.807, 2.05) is 30.5 Å². The van der Waals surface area contributed by atoms with Crippen LogP contribution >= 0.6 is 0 Å². The second-order valence-corrected chi connectivity index (χ2v) is 13.1. The molecule has 1 amide bonds. The van der Waals surface area contributed by atoms with Gasteiger partial charge in [0.2, 0.25) is 11.9 Å². The van der Waals surface area contributed by atoms with Crippen molar-refractivity contribution in [2.75, 3.05) is 29.5 Å². The van der Waals surface area contributed by atoms with Gasteiger partial charge in [-0.15, -0.1) is 0 Å². The maximum absolute atomic E-state index is 13.4. The monoisotopic (exact) mass is 545 g/mol. The van der Waals surface area contributed by atoms with Gasteiger partial charge < -0.3 is 10.2 Å². The summed E-state index contributed by atoms with van der Waals surface area (Å²) in [6.07, 6.45) is 10.2. The first-order valence-electron chi connectivity index (χ1n) is 13.5. The van der Waals surface area contributed by atoms with Gasteiger partial charge in [-0.1, -0.05) is 25.0 Å². The van der Waals surface area contributed by atoms with Crippen molar-refractivity contribution in [3.05, 3.63) is 54.6 Å². The summed E-state index contributed by atoms with van der Waals surface area (Å²) in [5.41, 5.74) is 2.99. The molecule has 11 heteroatoms. The van der Waals surface area contributed by atoms with E-state index in [-0.39, 0.29) is 29.2 Å². The summed E-state index contributed by atoms with van der Waals surface area (Å²) in [4.78, 5) is 24.3. The van der Waals surface area contributed by atoms with Crippen LogP contribution in [0.5, 0.6) is 0 Å². The molecule has 3 heterocycles. The fourth-order valence-electron chi connectivity index (χ4n) is 5.71. The van der Waals surface area contributed by atoms with Gasteiger partial charge in [-0.25, -0.2) is 23.1 Å². The van der Waals surface area contributed by atoms with E-state index in [1.54, 1.807) is 23.1 Å². The van der Waals surface area contributed by atoms with Gasteiger partial charge in [-0.05, 0) is 49.4 Å². The number of amides is 1. The van der Waals surface area contributed by atoms with Crippen LogP contribution < -0.4 is 10.2 Å². The Hall–Kier alpha value is -3.78. The van der Waals surface area contributed by atoms with Gasteiger partial charge in [0.05, 0.1) is 23.3 Å². The zero-order valence-corrected chi connectivity index (χ0v) is 22.5. The van der Waals surface area contributed by atoms with Crippen LogP contribution in [0.25, 0.3) is 17.1 Å². The molecule has 10 nitrogen and oxygen atoms in total. The number of hydrogen-bond acceptors (Lipinski definition) is 8. The van der Waals surface area contributed by atoms with E-state index < -0.39 is 15.4 Å². The average molecular weight is 546 g/mol. The van der Waals surface area contributed by atoms with Gasteiger partial charge in [-0.3, -0.25) is 4.79 Å². The minimum Gasteiger partial charge on any atom is -0.369 e. The summed E-state index contributed by atoms with van der Waals surface area (Å²) >= 11 is 0. The molecule has 1 N–H and O–H groups in total. The number of carbonyl (C=O) groups is 1. The van der Waals surface area contributed by atoms with Crippen molar-refractivity contribution in [3.63, 3.8) is 0 Å². The molecule has 2 atom stereocenters. The first-order valence-corrected chi connectivity index (χ1v) is 15.3. The lowest BCUT2D eigenvalue weighted by Gasteiger charge is -2.31. The third-order valence-electron chi connectivity index (χ3n) is 8.17. The summed E-state index contributed by atoms with van der Waals surface area (Å²) in [6, 6.07) is 12.1. The number of hydrogen-bond donors (Lipinski definition) is 1. The molecule has 3 aromatic rings. The molecule has 2 aromatic heterocycles. The Morgan fingerprint density at radius 3 is 2.41 bits per heavy atom. The first-order chi connectivity index (χ1) is 18.9. The van der Waals surface area contributed by atoms with Crippen LogP contribution in [-0.4, -0.2) is 64.2 Å². The van der Waals surface area contributed by atoms with Crippen molar-refractivity contribution in [1.82, 2.24) is 25.1 Å². The molecular weight excluding hydrogens is 514 g/mol. The largest absolute Gasteiger partial charge is 0.369 e. The second kappa shape index (κ2) is 10.1. The highest BCUT2D eigenvalue weighted by Crippen LogP contribution is 2.43. The van der Waals surface area contributed by atoms with Crippen LogP contribution in [0.4, 0.5) is 5.69 Å². The standard InChI is InChI=1S/C28H31N7O3S/c29-19-28(10-11-28)32-26(36)23-5-2-1-4-22(23)25-24(18-35(33-25)27-30-12-3-13-31-27)20-6-8-21(9-7-20)34-14-16-39(37,38)17-15-34/h3,6-9,12-13,18,22-23H,1-2,4-5,10-11,14-17H2,(H,32,36). The van der Waals surface area contributed by atoms with Crippen LogP contribution in [0.15, 0.2) is 48.9 Å². The van der Waals surface area contributed by atoms with Gasteiger partial charge >= 0.3 is 0 Å². The van der Waals surface area contributed by atoms with Crippen LogP contribution in [0.2, 0.25) is 0 Å². The number of nitrogens with one attached hydrogen (secondary N) is 1. The Morgan fingerprint density at radius 2 is 1.74 bits per heavy atom. The number of aromatic nitrogens is 4. The van der Waals surface area contributed by atoms with Crippen molar-refractivity contribution in [1.29, 1.82) is 5.26 Å². The van der Waals surface area contributed by atoms with Crippen molar-refractivity contribution in [3.8, 4) is 23.1 Å². The molecule has 1 aliphatic heterocycles. The molecule has 6 rings (SSSR count). The minimum atomic E-state index is -2.95. The molecule has 202 valence electrons. The lowest BCUT2D eigenvalue weighted by molar-refractivity contribution is -0.127. The van der Waals surface area contributed by atoms with Crippen molar-refractivity contribution >= 4 is 21.4 Å². The molecule has 3 fully saturated rings. The minimum absolute atomic E-state index is 0.0643. The average Bonchev–Trinajstić information content (AvgIpc) is 3.60. The molecule has 0 bridgehead atoms. The van der Waals surface area contributed by atoms with E-state index in [9.17, 15) is 18.5 Å². The van der Waals surface area contributed by atoms with Crippen LogP contribution in [0, 0.1) is 17.2 Å². The zero-order chi connectivity index (χ0) is 27.0. The maximum atomic E-state index is 13.4. The zero-order valence-electron chi connectivity index (χ0n) is 21.7. The van der Waals surface area contributed by atoms with E-state index in [4.69, 9.17) is 5.10 Å². The Labute approximate surface area is 228 Å². The van der Waals surface area contributed by atoms with Crippen molar-refractivity contribution < 1.29 is 13.2 Å². The van der Waals surface area contributed by atoms with E-state index in [0.717, 1.165) is 48.2 Å². The number of carbonyl (C=O) groups excluding carboxylic acids is 1. The SMILES string of the molecule is N#CC1(NC(=O)C2CCCCC2c2nn(-c3ncccn3)cc2-c2ccc(N3CCS(=O)(=O)CC3)cc2)CC1. The third-order valence-corrected chi connectivity index (χ3v) is 9.78. The lowest BCUT2D eigenvalue weighted by Crippen LogP contribution is -2.42. The van der Waals surface area contributed by atoms with E-state index in [2.05, 4.69) is 26.3 Å². The molecule has 2 unspecified atom stereocenters. The maximum Gasteiger partial charge on any atom is 0.250 e. The van der Waals surface area contributed by atoms with Crippen LogP contribution in [0.1, 0.15) is 50.1 Å². The van der Waals surface area contributed by atoms with Gasteiger partial charge in [0.25, 0.3) is 0 Å². The summed E-state index contributed by atoms with van der Waals surface area (Å²) in [5.74, 6) is 0.361. The molecule has 2 saturated carbocycles. The van der Waals surface area contributed by atoms with Gasteiger partial charge in [0, 0.05) is 54.8 Å². The molecule has 0 radical (unpaired) electrons. The number of sulfone groups is 1. The summed E-state index contributed by atoms with van der Waals surface area (Å²) in [5, 5.41) is 17.5. The Bertz CT molecular complexity index is 1490. The van der Waals surface area contributed by atoms with E-state index in [1.165, 1.54) is 0 Å². The molecular formula is C28H31N7O3S. The first kappa shape index (κ1) is 25.5. The van der Waals surface area contributed by atoms with Crippen molar-refractivity contribution in [2.24, 2.45) is 5.92 Å². The molecule has 3 aliphatic rings. The number of nitriles is 1. The van der Waals surface area contributed by atoms with Gasteiger partial charge in [0.15, 0.2) is 9.84 Å². The lowest BCUT2D eigenvalue weighted by atomic mass is 9.75. The normalized spacial score (nSPS) is 23.5. The molecule has 1 saturated heterocycles. The second-order valence-electron chi connectivity index (χ2n) is 10.8. The molecule has 2 aliphatic carbocycles. The summed E-state index contributed by atoms with van der Waals surface area (Å²) < 4.78 is 25.4. The highest BCUT2D eigenvalue weighted by molar-refractivity contribution is 7.91. The molecule has 39 heavy (non-hydrogen) atoms. The number of nitrogens with zero attached hydrogens (tertiary/aromatic N) is 6. The fraction of sp³-hybridized carbons (Fsp3) is 0.464. The highest BCUT2D eigenvalue weighted by Gasteiger charge is 2.47. The number of rotatable bonds is 6. The molecule has 1 aromatic carbocycles. The van der Waals surface area contributed by atoms with Gasteiger partial charge in [0.1, 0.15) is 5.54 Å². The highest BCUT2D eigenvalue weighted by atomic mass is 32.2. The Morgan fingerprint density at radius 1 is 1.05 bits per heavy atom. The van der Waals surface area contributed by atoms with Crippen LogP contribution in [0.3, 0.4) is 0 Å². The predicted molar refractivity (Wildman–Crippen MR) is 146 cm³/mol. The quantitative estimate of drug-likeness (QED) is 0.500. The van der Waals surface area contributed by atoms with E-state index >= 15 is 0 Å². The molecule has 0 spiro atoms. The number of anilines is 1. The topological polar surface area (TPSA) is 134 Å². The third kappa shape index (κ3) is 5.26. The van der Waals surface area contributed by atoms with E-state index in [0.29, 0.717) is 31.9 Å². The number of benzene rings is 1. The van der Waals surface area contributed by atoms with Crippen molar-refractivity contribution in [2.45, 2.75) is 50.0 Å². The predicted octanol–water partition coefficient (Wildman–Crippen LogP) is 3.01. The smallest absolute Gasteiger partial charge is 0.250 e.